The van der Waals surface area contributed by atoms with Gasteiger partial charge in [0.1, 0.15) is 0 Å². The highest BCUT2D eigenvalue weighted by atomic mass is 19.4. The molecule has 40 heavy (non-hydrogen) atoms. The monoisotopic (exact) mass is 581 g/mol. The van der Waals surface area contributed by atoms with Gasteiger partial charge in [0.05, 0.1) is 17.4 Å². The van der Waals surface area contributed by atoms with Crippen LogP contribution in [0.5, 0.6) is 0 Å². The summed E-state index contributed by atoms with van der Waals surface area (Å²) in [4.78, 5) is 36.8. The Morgan fingerprint density at radius 1 is 1.02 bits per heavy atom. The molecule has 1 amide bonds. The number of carboxylic acid groups (broad SMARTS) is 2. The number of aryl methyl sites for hydroxylation is 1. The van der Waals surface area contributed by atoms with E-state index in [4.69, 9.17) is 19.8 Å². The van der Waals surface area contributed by atoms with E-state index in [9.17, 15) is 31.1 Å². The Hall–Kier alpha value is -3.69. The third kappa shape index (κ3) is 11.6. The number of aromatic nitrogens is 3. The van der Waals surface area contributed by atoms with Crippen molar-refractivity contribution >= 4 is 17.8 Å². The summed E-state index contributed by atoms with van der Waals surface area (Å²) in [7, 11) is 0. The van der Waals surface area contributed by atoms with E-state index in [0.29, 0.717) is 24.9 Å². The van der Waals surface area contributed by atoms with Gasteiger partial charge in [0.2, 0.25) is 5.91 Å². The van der Waals surface area contributed by atoms with E-state index in [1.165, 1.54) is 18.5 Å². The zero-order chi connectivity index (χ0) is 30.1. The van der Waals surface area contributed by atoms with E-state index in [-0.39, 0.29) is 5.91 Å². The van der Waals surface area contributed by atoms with Gasteiger partial charge in [-0.25, -0.2) is 9.59 Å². The third-order valence-corrected chi connectivity index (χ3v) is 5.74. The number of fused-ring (bicyclic) bond motifs is 1. The number of nitrogens with one attached hydrogen (secondary N) is 1. The van der Waals surface area contributed by atoms with Crippen molar-refractivity contribution in [1.82, 2.24) is 25.0 Å². The summed E-state index contributed by atoms with van der Waals surface area (Å²) in [6.07, 6.45) is -4.25. The van der Waals surface area contributed by atoms with Crippen LogP contribution < -0.4 is 5.32 Å². The zero-order valence-electron chi connectivity index (χ0n) is 21.4. The number of alkyl halides is 6. The SMILES string of the molecule is Cc1cccc(CN2Cc3ccnn3C(CCNC(=O)CC3CC3)C2)n1.O=C(O)C(F)(F)F.O=C(O)C(F)(F)F. The van der Waals surface area contributed by atoms with Gasteiger partial charge in [-0.3, -0.25) is 19.4 Å². The number of halogens is 6. The third-order valence-electron chi connectivity index (χ3n) is 5.74. The molecule has 4 rings (SSSR count). The molecule has 0 aromatic carbocycles. The molecule has 1 aliphatic heterocycles. The molecule has 0 radical (unpaired) electrons. The second-order valence-electron chi connectivity index (χ2n) is 9.25. The molecule has 1 aliphatic carbocycles. The van der Waals surface area contributed by atoms with Crippen molar-refractivity contribution in [2.75, 3.05) is 13.1 Å². The molecule has 16 heteroatoms. The fourth-order valence-corrected chi connectivity index (χ4v) is 3.75. The smallest absolute Gasteiger partial charge is 0.475 e. The largest absolute Gasteiger partial charge is 0.490 e. The van der Waals surface area contributed by atoms with E-state index in [0.717, 1.165) is 37.4 Å². The van der Waals surface area contributed by atoms with Crippen molar-refractivity contribution in [2.45, 2.75) is 64.1 Å². The van der Waals surface area contributed by atoms with Crippen molar-refractivity contribution in [3.8, 4) is 0 Å². The summed E-state index contributed by atoms with van der Waals surface area (Å²) in [5, 5.41) is 21.8. The number of hydrogen-bond donors (Lipinski definition) is 3. The summed E-state index contributed by atoms with van der Waals surface area (Å²) in [5.74, 6) is -4.68. The Kier molecular flexibility index (Phi) is 11.5. The Balaban J connectivity index is 0.000000333. The summed E-state index contributed by atoms with van der Waals surface area (Å²) < 4.78 is 65.6. The average molecular weight is 582 g/mol. The van der Waals surface area contributed by atoms with Crippen molar-refractivity contribution in [2.24, 2.45) is 5.92 Å². The molecule has 1 unspecified atom stereocenters. The van der Waals surface area contributed by atoms with E-state index < -0.39 is 24.3 Å². The average Bonchev–Trinajstić information content (AvgIpc) is 3.51. The van der Waals surface area contributed by atoms with E-state index in [2.05, 4.69) is 43.2 Å². The number of nitrogens with zero attached hydrogens (tertiary/aromatic N) is 4. The van der Waals surface area contributed by atoms with Crippen molar-refractivity contribution < 1.29 is 50.9 Å². The van der Waals surface area contributed by atoms with Gasteiger partial charge in [-0.1, -0.05) is 6.07 Å². The number of carboxylic acids is 2. The number of amides is 1. The van der Waals surface area contributed by atoms with Gasteiger partial charge in [-0.15, -0.1) is 0 Å². The van der Waals surface area contributed by atoms with Gasteiger partial charge in [0, 0.05) is 44.5 Å². The predicted octanol–water partition coefficient (Wildman–Crippen LogP) is 3.72. The molecule has 2 aromatic rings. The molecule has 0 spiro atoms. The maximum Gasteiger partial charge on any atom is 0.490 e. The fraction of sp³-hybridized carbons (Fsp3) is 0.542. The number of pyridine rings is 1. The minimum Gasteiger partial charge on any atom is -0.475 e. The summed E-state index contributed by atoms with van der Waals surface area (Å²) >= 11 is 0. The second-order valence-corrected chi connectivity index (χ2v) is 9.25. The molecule has 10 nitrogen and oxygen atoms in total. The van der Waals surface area contributed by atoms with Crippen LogP contribution >= 0.6 is 0 Å². The van der Waals surface area contributed by atoms with Crippen LogP contribution in [0, 0.1) is 12.8 Å². The summed E-state index contributed by atoms with van der Waals surface area (Å²) in [6.45, 7) is 5.41. The molecule has 222 valence electrons. The highest BCUT2D eigenvalue weighted by molar-refractivity contribution is 5.76. The number of aliphatic carboxylic acids is 2. The van der Waals surface area contributed by atoms with Crippen LogP contribution in [0.25, 0.3) is 0 Å². The van der Waals surface area contributed by atoms with Crippen LogP contribution in [0.2, 0.25) is 0 Å². The van der Waals surface area contributed by atoms with Crippen LogP contribution in [0.15, 0.2) is 30.5 Å². The zero-order valence-corrected chi connectivity index (χ0v) is 21.4. The number of carbonyl (C=O) groups excluding carboxylic acids is 1. The number of rotatable bonds is 7. The minimum absolute atomic E-state index is 0.199. The van der Waals surface area contributed by atoms with E-state index >= 15 is 0 Å². The van der Waals surface area contributed by atoms with Crippen LogP contribution in [-0.2, 0) is 27.5 Å². The molecular formula is C24H29F6N5O5. The highest BCUT2D eigenvalue weighted by Crippen LogP contribution is 2.32. The predicted molar refractivity (Wildman–Crippen MR) is 127 cm³/mol. The summed E-state index contributed by atoms with van der Waals surface area (Å²) in [6, 6.07) is 8.57. The minimum atomic E-state index is -5.08. The standard InChI is InChI=1S/C20H27N5O.2C2HF3O2/c1-15-3-2-4-17(23-15)12-24-13-18(25-19(14-24)8-10-22-25)7-9-21-20(26)11-16-5-6-16;2*3-2(4,5)1(6)7/h2-4,8,10,16,18H,5-7,9,11-14H2,1H3,(H,21,26);2*(H,6,7). The number of carbonyl (C=O) groups is 3. The molecule has 2 aromatic heterocycles. The quantitative estimate of drug-likeness (QED) is 0.421. The molecule has 1 saturated carbocycles. The van der Waals surface area contributed by atoms with Gasteiger partial charge < -0.3 is 15.5 Å². The molecule has 3 N–H and O–H groups in total. The first-order valence-corrected chi connectivity index (χ1v) is 12.1. The Labute approximate surface area is 225 Å². The molecule has 1 atom stereocenters. The first-order chi connectivity index (χ1) is 18.6. The molecule has 3 heterocycles. The van der Waals surface area contributed by atoms with Crippen molar-refractivity contribution in [1.29, 1.82) is 0 Å². The lowest BCUT2D eigenvalue weighted by Crippen LogP contribution is -2.39. The number of hydrogen-bond acceptors (Lipinski definition) is 6. The molecular weight excluding hydrogens is 552 g/mol. The Morgan fingerprint density at radius 3 is 2.15 bits per heavy atom. The van der Waals surface area contributed by atoms with Gasteiger partial charge in [0.25, 0.3) is 0 Å². The Morgan fingerprint density at radius 2 is 1.62 bits per heavy atom. The van der Waals surface area contributed by atoms with Crippen LogP contribution in [0.3, 0.4) is 0 Å². The normalized spacial score (nSPS) is 16.9. The van der Waals surface area contributed by atoms with Crippen LogP contribution in [0.4, 0.5) is 26.3 Å². The maximum absolute atomic E-state index is 11.9. The fourth-order valence-electron chi connectivity index (χ4n) is 3.75. The highest BCUT2D eigenvalue weighted by Gasteiger charge is 2.39. The molecule has 0 bridgehead atoms. The molecule has 1 fully saturated rings. The Bertz CT molecular complexity index is 1130. The lowest BCUT2D eigenvalue weighted by atomic mass is 10.1. The van der Waals surface area contributed by atoms with Crippen LogP contribution in [0.1, 0.15) is 48.8 Å². The molecule has 0 saturated heterocycles. The lowest BCUT2D eigenvalue weighted by molar-refractivity contribution is -0.193. The van der Waals surface area contributed by atoms with Crippen LogP contribution in [-0.4, -0.2) is 73.2 Å². The van der Waals surface area contributed by atoms with E-state index in [1.807, 2.05) is 19.2 Å². The van der Waals surface area contributed by atoms with Gasteiger partial charge in [-0.2, -0.15) is 31.4 Å². The second kappa shape index (κ2) is 14.1. The first-order valence-electron chi connectivity index (χ1n) is 12.1. The van der Waals surface area contributed by atoms with Gasteiger partial charge in [-0.05, 0) is 50.3 Å². The maximum atomic E-state index is 11.9. The lowest BCUT2D eigenvalue weighted by Gasteiger charge is -2.33. The first kappa shape index (κ1) is 32.5. The van der Waals surface area contributed by atoms with E-state index in [1.54, 1.807) is 0 Å². The van der Waals surface area contributed by atoms with Gasteiger partial charge >= 0.3 is 24.3 Å². The van der Waals surface area contributed by atoms with Crippen molar-refractivity contribution in [3.63, 3.8) is 0 Å². The van der Waals surface area contributed by atoms with Crippen molar-refractivity contribution in [3.05, 3.63) is 47.5 Å². The van der Waals surface area contributed by atoms with Gasteiger partial charge in [0.15, 0.2) is 0 Å². The molecule has 2 aliphatic rings. The topological polar surface area (TPSA) is 138 Å². The summed E-state index contributed by atoms with van der Waals surface area (Å²) in [5.41, 5.74) is 3.40.